The number of nitrogens with one attached hydrogen (secondary N) is 1. The van der Waals surface area contributed by atoms with Crippen molar-refractivity contribution in [3.63, 3.8) is 0 Å². The van der Waals surface area contributed by atoms with E-state index < -0.39 is 16.1 Å². The van der Waals surface area contributed by atoms with Gasteiger partial charge in [-0.05, 0) is 44.9 Å². The van der Waals surface area contributed by atoms with Gasteiger partial charge in [-0.2, -0.15) is 4.31 Å². The maximum absolute atomic E-state index is 13.5. The van der Waals surface area contributed by atoms with Crippen LogP contribution < -0.4 is 10.1 Å². The SMILES string of the molecule is CC[C@H]1Oc2cc(S(=O)(=O)N3CCC[C@H](C(=O)N4CCN(C)CC4)C3)c(C)cc2NC1=O. The van der Waals surface area contributed by atoms with Crippen LogP contribution in [-0.4, -0.2) is 86.8 Å². The van der Waals surface area contributed by atoms with Crippen molar-refractivity contribution < 1.29 is 22.7 Å². The minimum absolute atomic E-state index is 0.0528. The summed E-state index contributed by atoms with van der Waals surface area (Å²) in [7, 11) is -1.77. The van der Waals surface area contributed by atoms with Gasteiger partial charge in [0.15, 0.2) is 6.10 Å². The molecule has 0 saturated carbocycles. The fourth-order valence-corrected chi connectivity index (χ4v) is 6.36. The molecule has 0 bridgehead atoms. The molecule has 1 aromatic rings. The Bertz CT molecular complexity index is 1000. The molecule has 0 spiro atoms. The van der Waals surface area contributed by atoms with Crippen LogP contribution >= 0.6 is 0 Å². The molecule has 3 aliphatic heterocycles. The highest BCUT2D eigenvalue weighted by Crippen LogP contribution is 2.36. The number of likely N-dealkylation sites (N-methyl/N-ethyl adjacent to an activating group) is 1. The van der Waals surface area contributed by atoms with Crippen LogP contribution in [0.2, 0.25) is 0 Å². The Balaban J connectivity index is 1.54. The highest BCUT2D eigenvalue weighted by molar-refractivity contribution is 7.89. The van der Waals surface area contributed by atoms with Crippen LogP contribution in [0.25, 0.3) is 0 Å². The highest BCUT2D eigenvalue weighted by atomic mass is 32.2. The zero-order valence-corrected chi connectivity index (χ0v) is 19.8. The summed E-state index contributed by atoms with van der Waals surface area (Å²) in [6.07, 6.45) is 1.20. The van der Waals surface area contributed by atoms with Crippen LogP contribution in [0.3, 0.4) is 0 Å². The number of hydrogen-bond acceptors (Lipinski definition) is 6. The second-order valence-electron chi connectivity index (χ2n) is 8.95. The van der Waals surface area contributed by atoms with Gasteiger partial charge < -0.3 is 19.9 Å². The van der Waals surface area contributed by atoms with Gasteiger partial charge in [-0.3, -0.25) is 9.59 Å². The van der Waals surface area contributed by atoms with Crippen LogP contribution in [0.4, 0.5) is 5.69 Å². The molecule has 10 heteroatoms. The third kappa shape index (κ3) is 4.35. The second-order valence-corrected chi connectivity index (χ2v) is 10.9. The molecule has 0 radical (unpaired) electrons. The molecule has 2 amide bonds. The zero-order chi connectivity index (χ0) is 23.0. The van der Waals surface area contributed by atoms with Crippen molar-refractivity contribution in [3.8, 4) is 5.75 Å². The lowest BCUT2D eigenvalue weighted by atomic mass is 9.98. The molecule has 1 N–H and O–H groups in total. The Morgan fingerprint density at radius 3 is 2.59 bits per heavy atom. The van der Waals surface area contributed by atoms with E-state index in [-0.39, 0.29) is 29.2 Å². The molecule has 176 valence electrons. The van der Waals surface area contributed by atoms with E-state index in [0.717, 1.165) is 13.1 Å². The number of carbonyl (C=O) groups excluding carboxylic acids is 2. The van der Waals surface area contributed by atoms with Gasteiger partial charge in [-0.1, -0.05) is 6.92 Å². The number of carbonyl (C=O) groups is 2. The summed E-state index contributed by atoms with van der Waals surface area (Å²) in [6.45, 7) is 7.18. The van der Waals surface area contributed by atoms with Crippen molar-refractivity contribution >= 4 is 27.5 Å². The first-order valence-electron chi connectivity index (χ1n) is 11.3. The van der Waals surface area contributed by atoms with Gasteiger partial charge in [0.05, 0.1) is 16.5 Å². The average molecular weight is 465 g/mol. The van der Waals surface area contributed by atoms with Crippen LogP contribution in [0.15, 0.2) is 17.0 Å². The number of anilines is 1. The number of fused-ring (bicyclic) bond motifs is 1. The van der Waals surface area contributed by atoms with Crippen LogP contribution in [0.1, 0.15) is 31.7 Å². The minimum Gasteiger partial charge on any atom is -0.478 e. The number of piperazine rings is 1. The number of benzene rings is 1. The van der Waals surface area contributed by atoms with Crippen LogP contribution in [0.5, 0.6) is 5.75 Å². The fraction of sp³-hybridized carbons (Fsp3) is 0.636. The molecule has 0 unspecified atom stereocenters. The molecule has 2 saturated heterocycles. The quantitative estimate of drug-likeness (QED) is 0.721. The van der Waals surface area contributed by atoms with E-state index in [9.17, 15) is 18.0 Å². The molecule has 3 heterocycles. The molecular weight excluding hydrogens is 432 g/mol. The summed E-state index contributed by atoms with van der Waals surface area (Å²) < 4.78 is 34.3. The summed E-state index contributed by atoms with van der Waals surface area (Å²) >= 11 is 0. The van der Waals surface area contributed by atoms with Gasteiger partial charge in [0.2, 0.25) is 15.9 Å². The topological polar surface area (TPSA) is 99.3 Å². The first-order valence-corrected chi connectivity index (χ1v) is 12.7. The van der Waals surface area contributed by atoms with Crippen molar-refractivity contribution in [3.05, 3.63) is 17.7 Å². The van der Waals surface area contributed by atoms with Crippen molar-refractivity contribution in [2.24, 2.45) is 5.92 Å². The molecule has 0 aliphatic carbocycles. The molecule has 9 nitrogen and oxygen atoms in total. The number of hydrogen-bond donors (Lipinski definition) is 1. The number of ether oxygens (including phenoxy) is 1. The number of nitrogens with zero attached hydrogens (tertiary/aromatic N) is 3. The number of rotatable bonds is 4. The lowest BCUT2D eigenvalue weighted by Crippen LogP contribution is -2.52. The Hall–Kier alpha value is -2.17. The molecule has 1 aromatic carbocycles. The van der Waals surface area contributed by atoms with Gasteiger partial charge in [0, 0.05) is 45.3 Å². The van der Waals surface area contributed by atoms with E-state index in [1.807, 2.05) is 18.9 Å². The summed E-state index contributed by atoms with van der Waals surface area (Å²) in [6, 6.07) is 3.15. The number of amides is 2. The molecular formula is C22H32N4O5S. The first-order chi connectivity index (χ1) is 15.2. The minimum atomic E-state index is -3.81. The fourth-order valence-electron chi connectivity index (χ4n) is 4.62. The molecule has 2 fully saturated rings. The molecule has 2 atom stereocenters. The Morgan fingerprint density at radius 2 is 1.91 bits per heavy atom. The number of aryl methyl sites for hydroxylation is 1. The van der Waals surface area contributed by atoms with E-state index in [1.54, 1.807) is 13.0 Å². The Morgan fingerprint density at radius 1 is 1.19 bits per heavy atom. The molecule has 32 heavy (non-hydrogen) atoms. The second kappa shape index (κ2) is 8.99. The van der Waals surface area contributed by atoms with Gasteiger partial charge in [-0.15, -0.1) is 0 Å². The zero-order valence-electron chi connectivity index (χ0n) is 19.0. The van der Waals surface area contributed by atoms with E-state index in [2.05, 4.69) is 10.2 Å². The summed E-state index contributed by atoms with van der Waals surface area (Å²) in [5.41, 5.74) is 1.02. The van der Waals surface area contributed by atoms with Crippen molar-refractivity contribution in [2.75, 3.05) is 51.6 Å². The van der Waals surface area contributed by atoms with Gasteiger partial charge in [-0.25, -0.2) is 8.42 Å². The van der Waals surface area contributed by atoms with Crippen LogP contribution in [0, 0.1) is 12.8 Å². The molecule has 3 aliphatic rings. The lowest BCUT2D eigenvalue weighted by Gasteiger charge is -2.37. The van der Waals surface area contributed by atoms with Gasteiger partial charge in [0.1, 0.15) is 5.75 Å². The van der Waals surface area contributed by atoms with Crippen molar-refractivity contribution in [1.82, 2.24) is 14.1 Å². The largest absolute Gasteiger partial charge is 0.478 e. The van der Waals surface area contributed by atoms with E-state index in [0.29, 0.717) is 55.9 Å². The first kappa shape index (κ1) is 23.0. The third-order valence-corrected chi connectivity index (χ3v) is 8.64. The number of piperidine rings is 1. The van der Waals surface area contributed by atoms with E-state index in [1.165, 1.54) is 10.4 Å². The van der Waals surface area contributed by atoms with E-state index in [4.69, 9.17) is 4.74 Å². The maximum atomic E-state index is 13.5. The Kier molecular flexibility index (Phi) is 6.46. The smallest absolute Gasteiger partial charge is 0.265 e. The van der Waals surface area contributed by atoms with Crippen molar-refractivity contribution in [2.45, 2.75) is 44.1 Å². The average Bonchev–Trinajstić information content (AvgIpc) is 2.78. The predicted octanol–water partition coefficient (Wildman–Crippen LogP) is 1.28. The van der Waals surface area contributed by atoms with E-state index >= 15 is 0 Å². The number of sulfonamides is 1. The highest BCUT2D eigenvalue weighted by Gasteiger charge is 2.37. The standard InChI is InChI=1S/C22H32N4O5S/c1-4-18-21(27)23-17-12-15(2)20(13-19(17)31-18)32(29,30)26-7-5-6-16(14-26)22(28)25-10-8-24(3)9-11-25/h12-13,16,18H,4-11,14H2,1-3H3,(H,23,27)/t16-,18+/m0/s1. The molecule has 4 rings (SSSR count). The van der Waals surface area contributed by atoms with Crippen molar-refractivity contribution in [1.29, 1.82) is 0 Å². The Labute approximate surface area is 189 Å². The van der Waals surface area contributed by atoms with Gasteiger partial charge >= 0.3 is 0 Å². The predicted molar refractivity (Wildman–Crippen MR) is 120 cm³/mol. The summed E-state index contributed by atoms with van der Waals surface area (Å²) in [5.74, 6) is -0.129. The third-order valence-electron chi connectivity index (χ3n) is 6.63. The summed E-state index contributed by atoms with van der Waals surface area (Å²) in [4.78, 5) is 29.3. The normalized spacial score (nSPS) is 25.1. The molecule has 0 aromatic heterocycles. The lowest BCUT2D eigenvalue weighted by molar-refractivity contribution is -0.138. The maximum Gasteiger partial charge on any atom is 0.265 e. The van der Waals surface area contributed by atoms with Gasteiger partial charge in [0.25, 0.3) is 5.91 Å². The van der Waals surface area contributed by atoms with Crippen LogP contribution in [-0.2, 0) is 19.6 Å². The monoisotopic (exact) mass is 464 g/mol. The summed E-state index contributed by atoms with van der Waals surface area (Å²) in [5, 5.41) is 2.80.